The molecule has 2 rings (SSSR count). The van der Waals surface area contributed by atoms with Gasteiger partial charge in [-0.2, -0.15) is 0 Å². The van der Waals surface area contributed by atoms with Crippen molar-refractivity contribution in [1.82, 2.24) is 4.98 Å². The molecule has 1 amide bonds. The molecule has 0 fully saturated rings. The first-order valence-corrected chi connectivity index (χ1v) is 6.26. The highest BCUT2D eigenvalue weighted by molar-refractivity contribution is 6.30. The lowest BCUT2D eigenvalue weighted by molar-refractivity contribution is -0.146. The van der Waals surface area contributed by atoms with E-state index in [4.69, 9.17) is 16.7 Å². The van der Waals surface area contributed by atoms with Crippen molar-refractivity contribution in [3.05, 3.63) is 35.5 Å². The number of carbonyl (C=O) groups is 2. The third kappa shape index (κ3) is 3.32. The van der Waals surface area contributed by atoms with Crippen LogP contribution in [0.25, 0.3) is 0 Å². The molecule has 1 aliphatic carbocycles. The average molecular weight is 281 g/mol. The minimum Gasteiger partial charge on any atom is -0.481 e. The summed E-state index contributed by atoms with van der Waals surface area (Å²) in [6.07, 6.45) is 5.85. The van der Waals surface area contributed by atoms with Crippen molar-refractivity contribution in [3.8, 4) is 0 Å². The van der Waals surface area contributed by atoms with E-state index in [0.29, 0.717) is 23.7 Å². The number of nitrogens with one attached hydrogen (secondary N) is 1. The molecule has 0 aliphatic heterocycles. The maximum atomic E-state index is 12.1. The second-order valence-electron chi connectivity index (χ2n) is 4.34. The van der Waals surface area contributed by atoms with E-state index in [0.717, 1.165) is 0 Å². The molecular weight excluding hydrogens is 268 g/mol. The van der Waals surface area contributed by atoms with E-state index < -0.39 is 17.8 Å². The van der Waals surface area contributed by atoms with Crippen LogP contribution in [0.15, 0.2) is 30.5 Å². The fraction of sp³-hybridized carbons (Fsp3) is 0.308. The lowest BCUT2D eigenvalue weighted by Crippen LogP contribution is -2.34. The lowest BCUT2D eigenvalue weighted by Gasteiger charge is -2.23. The minimum atomic E-state index is -0.950. The van der Waals surface area contributed by atoms with Gasteiger partial charge in [-0.25, -0.2) is 4.98 Å². The fourth-order valence-corrected chi connectivity index (χ4v) is 2.16. The standard InChI is InChI=1S/C13H13ClN2O3/c14-8-5-6-11(15-7-8)16-12(17)9-3-1-2-4-10(9)13(18)19/h1-2,5-7,9-10H,3-4H2,(H,18,19)(H,15,16,17)/t9-,10+/m0/s1. The molecule has 0 saturated heterocycles. The van der Waals surface area contributed by atoms with Gasteiger partial charge in [0, 0.05) is 6.20 Å². The van der Waals surface area contributed by atoms with Gasteiger partial charge in [0.05, 0.1) is 16.9 Å². The maximum Gasteiger partial charge on any atom is 0.307 e. The number of nitrogens with zero attached hydrogens (tertiary/aromatic N) is 1. The topological polar surface area (TPSA) is 79.3 Å². The van der Waals surface area contributed by atoms with Crippen molar-refractivity contribution in [2.24, 2.45) is 11.8 Å². The van der Waals surface area contributed by atoms with Gasteiger partial charge in [-0.05, 0) is 25.0 Å². The monoisotopic (exact) mass is 280 g/mol. The molecule has 0 unspecified atom stereocenters. The van der Waals surface area contributed by atoms with Crippen LogP contribution in [-0.4, -0.2) is 22.0 Å². The van der Waals surface area contributed by atoms with Crippen LogP contribution in [0.4, 0.5) is 5.82 Å². The van der Waals surface area contributed by atoms with Crippen LogP contribution in [0.1, 0.15) is 12.8 Å². The van der Waals surface area contributed by atoms with Crippen molar-refractivity contribution in [2.45, 2.75) is 12.8 Å². The zero-order valence-electron chi connectivity index (χ0n) is 10.0. The molecule has 1 aromatic rings. The molecule has 0 saturated carbocycles. The second kappa shape index (κ2) is 5.84. The van der Waals surface area contributed by atoms with Crippen molar-refractivity contribution >= 4 is 29.3 Å². The van der Waals surface area contributed by atoms with E-state index >= 15 is 0 Å². The second-order valence-corrected chi connectivity index (χ2v) is 4.78. The number of carboxylic acid groups (broad SMARTS) is 1. The number of carboxylic acids is 1. The molecule has 0 radical (unpaired) electrons. The Morgan fingerprint density at radius 1 is 1.26 bits per heavy atom. The Labute approximate surface area is 115 Å². The SMILES string of the molecule is O=C(Nc1ccc(Cl)cn1)[C@H]1CC=CC[C@H]1C(=O)O. The van der Waals surface area contributed by atoms with E-state index in [2.05, 4.69) is 10.3 Å². The maximum absolute atomic E-state index is 12.1. The Bertz CT molecular complexity index is 513. The quantitative estimate of drug-likeness (QED) is 0.833. The number of hydrogen-bond acceptors (Lipinski definition) is 3. The Balaban J connectivity index is 2.08. The largest absolute Gasteiger partial charge is 0.481 e. The Morgan fingerprint density at radius 3 is 2.53 bits per heavy atom. The Kier molecular flexibility index (Phi) is 4.16. The molecule has 6 heteroatoms. The molecule has 0 aromatic carbocycles. The van der Waals surface area contributed by atoms with Gasteiger partial charge < -0.3 is 10.4 Å². The van der Waals surface area contributed by atoms with Gasteiger partial charge in [0.25, 0.3) is 0 Å². The predicted octanol–water partition coefficient (Wildman–Crippen LogP) is 2.34. The fourth-order valence-electron chi connectivity index (χ4n) is 2.05. The smallest absolute Gasteiger partial charge is 0.307 e. The van der Waals surface area contributed by atoms with Crippen LogP contribution in [0.2, 0.25) is 5.02 Å². The molecule has 1 aliphatic rings. The normalized spacial score (nSPS) is 21.9. The number of aromatic nitrogens is 1. The van der Waals surface area contributed by atoms with Gasteiger partial charge in [-0.1, -0.05) is 23.8 Å². The van der Waals surface area contributed by atoms with Crippen LogP contribution in [0, 0.1) is 11.8 Å². The summed E-state index contributed by atoms with van der Waals surface area (Å²) in [4.78, 5) is 27.2. The van der Waals surface area contributed by atoms with E-state index in [-0.39, 0.29) is 5.91 Å². The first-order chi connectivity index (χ1) is 9.08. The number of aliphatic carboxylic acids is 1. The molecule has 0 spiro atoms. The van der Waals surface area contributed by atoms with E-state index in [1.807, 2.05) is 6.08 Å². The molecule has 2 atom stereocenters. The number of amides is 1. The summed E-state index contributed by atoms with van der Waals surface area (Å²) in [7, 11) is 0. The number of allylic oxidation sites excluding steroid dienone is 2. The Hall–Kier alpha value is -1.88. The van der Waals surface area contributed by atoms with Gasteiger partial charge in [0.1, 0.15) is 5.82 Å². The summed E-state index contributed by atoms with van der Waals surface area (Å²) >= 11 is 5.70. The Morgan fingerprint density at radius 2 is 1.95 bits per heavy atom. The number of rotatable bonds is 3. The summed E-state index contributed by atoms with van der Waals surface area (Å²) in [6, 6.07) is 3.19. The first-order valence-electron chi connectivity index (χ1n) is 5.88. The van der Waals surface area contributed by atoms with Crippen LogP contribution < -0.4 is 5.32 Å². The van der Waals surface area contributed by atoms with Crippen molar-refractivity contribution in [1.29, 1.82) is 0 Å². The van der Waals surface area contributed by atoms with Gasteiger partial charge in [0.2, 0.25) is 5.91 Å². The average Bonchev–Trinajstić information content (AvgIpc) is 2.41. The molecule has 5 nitrogen and oxygen atoms in total. The third-order valence-electron chi connectivity index (χ3n) is 3.07. The van der Waals surface area contributed by atoms with Gasteiger partial charge in [-0.3, -0.25) is 9.59 Å². The molecule has 2 N–H and O–H groups in total. The van der Waals surface area contributed by atoms with Gasteiger partial charge >= 0.3 is 5.97 Å². The molecule has 0 bridgehead atoms. The summed E-state index contributed by atoms with van der Waals surface area (Å²) in [6.45, 7) is 0. The number of carbonyl (C=O) groups excluding carboxylic acids is 1. The molecule has 19 heavy (non-hydrogen) atoms. The number of hydrogen-bond donors (Lipinski definition) is 2. The highest BCUT2D eigenvalue weighted by Gasteiger charge is 2.34. The lowest BCUT2D eigenvalue weighted by atomic mass is 9.82. The zero-order chi connectivity index (χ0) is 13.8. The highest BCUT2D eigenvalue weighted by Crippen LogP contribution is 2.27. The van der Waals surface area contributed by atoms with Crippen LogP contribution >= 0.6 is 11.6 Å². The van der Waals surface area contributed by atoms with E-state index in [9.17, 15) is 9.59 Å². The van der Waals surface area contributed by atoms with Crippen LogP contribution in [0.3, 0.4) is 0 Å². The number of halogens is 1. The number of anilines is 1. The summed E-state index contributed by atoms with van der Waals surface area (Å²) in [5.41, 5.74) is 0. The zero-order valence-corrected chi connectivity index (χ0v) is 10.8. The van der Waals surface area contributed by atoms with Crippen LogP contribution in [-0.2, 0) is 9.59 Å². The molecular formula is C13H13ClN2O3. The first kappa shape index (κ1) is 13.5. The van der Waals surface area contributed by atoms with Gasteiger partial charge in [-0.15, -0.1) is 0 Å². The number of pyridine rings is 1. The predicted molar refractivity (Wildman–Crippen MR) is 70.9 cm³/mol. The van der Waals surface area contributed by atoms with Crippen molar-refractivity contribution < 1.29 is 14.7 Å². The molecule has 1 aromatic heterocycles. The minimum absolute atomic E-state index is 0.327. The van der Waals surface area contributed by atoms with Gasteiger partial charge in [0.15, 0.2) is 0 Å². The van der Waals surface area contributed by atoms with Crippen molar-refractivity contribution in [3.63, 3.8) is 0 Å². The summed E-state index contributed by atoms with van der Waals surface area (Å²) in [5, 5.41) is 12.2. The van der Waals surface area contributed by atoms with Crippen molar-refractivity contribution in [2.75, 3.05) is 5.32 Å². The highest BCUT2D eigenvalue weighted by atomic mass is 35.5. The van der Waals surface area contributed by atoms with E-state index in [1.165, 1.54) is 6.20 Å². The third-order valence-corrected chi connectivity index (χ3v) is 3.29. The molecule has 1 heterocycles. The van der Waals surface area contributed by atoms with Crippen LogP contribution in [0.5, 0.6) is 0 Å². The van der Waals surface area contributed by atoms with E-state index in [1.54, 1.807) is 18.2 Å². The summed E-state index contributed by atoms with van der Waals surface area (Å²) in [5.74, 6) is -2.16. The molecule has 100 valence electrons. The summed E-state index contributed by atoms with van der Waals surface area (Å²) < 4.78 is 0.